The standard InChI is InChI=1S/C14H27B/c1-6-13(5,15)10-14(9-11(2)3)8-7-12(14)4/h11-12H,6-10H2,1-5H3. The average molecular weight is 206 g/mol. The van der Waals surface area contributed by atoms with E-state index < -0.39 is 0 Å². The first-order valence-corrected chi connectivity index (χ1v) is 6.60. The molecule has 3 atom stereocenters. The van der Waals surface area contributed by atoms with Crippen LogP contribution in [0.2, 0.25) is 5.31 Å². The normalized spacial score (nSPS) is 34.9. The highest BCUT2D eigenvalue weighted by Gasteiger charge is 2.46. The molecule has 0 bridgehead atoms. The largest absolute Gasteiger partial charge is 0.0742 e. The molecule has 1 saturated carbocycles. The fraction of sp³-hybridized carbons (Fsp3) is 1.00. The van der Waals surface area contributed by atoms with Gasteiger partial charge >= 0.3 is 0 Å². The van der Waals surface area contributed by atoms with E-state index in [0.717, 1.165) is 18.3 Å². The molecule has 1 fully saturated rings. The second kappa shape index (κ2) is 4.51. The van der Waals surface area contributed by atoms with Crippen LogP contribution in [0, 0.1) is 17.3 Å². The van der Waals surface area contributed by atoms with Crippen LogP contribution in [0.15, 0.2) is 0 Å². The predicted octanol–water partition coefficient (Wildman–Crippen LogP) is 4.60. The van der Waals surface area contributed by atoms with Gasteiger partial charge in [-0.25, -0.2) is 0 Å². The summed E-state index contributed by atoms with van der Waals surface area (Å²) in [5, 5.41) is 0.0452. The maximum Gasteiger partial charge on any atom is 0.0742 e. The van der Waals surface area contributed by atoms with E-state index in [2.05, 4.69) is 34.6 Å². The van der Waals surface area contributed by atoms with Gasteiger partial charge in [-0.1, -0.05) is 46.4 Å². The Morgan fingerprint density at radius 2 is 2.07 bits per heavy atom. The highest BCUT2D eigenvalue weighted by molar-refractivity contribution is 6.14. The molecule has 86 valence electrons. The van der Waals surface area contributed by atoms with Crippen LogP contribution in [-0.4, -0.2) is 7.85 Å². The Bertz CT molecular complexity index is 207. The van der Waals surface area contributed by atoms with Gasteiger partial charge in [-0.05, 0) is 42.9 Å². The van der Waals surface area contributed by atoms with E-state index in [1.807, 2.05) is 0 Å². The third-order valence-electron chi connectivity index (χ3n) is 4.50. The van der Waals surface area contributed by atoms with Crippen LogP contribution in [0.1, 0.15) is 66.7 Å². The van der Waals surface area contributed by atoms with Gasteiger partial charge in [-0.3, -0.25) is 0 Å². The molecule has 1 heteroatoms. The number of rotatable bonds is 5. The molecule has 0 N–H and O–H groups in total. The molecule has 0 nitrogen and oxygen atoms in total. The maximum atomic E-state index is 6.35. The Kier molecular flexibility index (Phi) is 3.95. The first kappa shape index (κ1) is 13.1. The summed E-state index contributed by atoms with van der Waals surface area (Å²) in [6.45, 7) is 11.5. The van der Waals surface area contributed by atoms with Gasteiger partial charge in [0.15, 0.2) is 0 Å². The molecule has 0 aromatic heterocycles. The monoisotopic (exact) mass is 206 g/mol. The number of hydrogen-bond acceptors (Lipinski definition) is 0. The Morgan fingerprint density at radius 1 is 1.47 bits per heavy atom. The van der Waals surface area contributed by atoms with Crippen molar-refractivity contribution in [3.05, 3.63) is 0 Å². The first-order chi connectivity index (χ1) is 6.81. The zero-order valence-electron chi connectivity index (χ0n) is 11.3. The topological polar surface area (TPSA) is 0 Å². The summed E-state index contributed by atoms with van der Waals surface area (Å²) in [6.07, 6.45) is 6.49. The molecule has 0 aromatic rings. The minimum absolute atomic E-state index is 0.0452. The second-order valence-electron chi connectivity index (χ2n) is 6.58. The summed E-state index contributed by atoms with van der Waals surface area (Å²) in [5.74, 6) is 1.69. The van der Waals surface area contributed by atoms with E-state index in [9.17, 15) is 0 Å². The average Bonchev–Trinajstić information content (AvgIpc) is 2.13. The quantitative estimate of drug-likeness (QED) is 0.577. The zero-order valence-corrected chi connectivity index (χ0v) is 11.3. The summed E-state index contributed by atoms with van der Waals surface area (Å²) in [6, 6.07) is 0. The smallest absolute Gasteiger partial charge is 0.0686 e. The lowest BCUT2D eigenvalue weighted by atomic mass is 9.49. The van der Waals surface area contributed by atoms with Crippen molar-refractivity contribution in [2.75, 3.05) is 0 Å². The molecule has 0 heterocycles. The molecule has 3 unspecified atom stereocenters. The van der Waals surface area contributed by atoms with Crippen LogP contribution in [0.25, 0.3) is 0 Å². The van der Waals surface area contributed by atoms with Crippen molar-refractivity contribution in [2.45, 2.75) is 72.0 Å². The van der Waals surface area contributed by atoms with Crippen LogP contribution in [0.5, 0.6) is 0 Å². The van der Waals surface area contributed by atoms with Crippen molar-refractivity contribution in [3.63, 3.8) is 0 Å². The molecule has 0 spiro atoms. The van der Waals surface area contributed by atoms with E-state index in [1.165, 1.54) is 25.7 Å². The third-order valence-corrected chi connectivity index (χ3v) is 4.50. The van der Waals surface area contributed by atoms with E-state index >= 15 is 0 Å². The van der Waals surface area contributed by atoms with Gasteiger partial charge in [0.25, 0.3) is 0 Å². The minimum Gasteiger partial charge on any atom is -0.0686 e. The summed E-state index contributed by atoms with van der Waals surface area (Å²) in [5.41, 5.74) is 0.563. The molecule has 0 amide bonds. The van der Waals surface area contributed by atoms with Crippen LogP contribution in [0.4, 0.5) is 0 Å². The molecular formula is C14H27B. The van der Waals surface area contributed by atoms with Crippen molar-refractivity contribution in [1.29, 1.82) is 0 Å². The Hall–Kier alpha value is 0.0649. The van der Waals surface area contributed by atoms with Gasteiger partial charge in [-0.2, -0.15) is 0 Å². The lowest BCUT2D eigenvalue weighted by Gasteiger charge is -2.53. The van der Waals surface area contributed by atoms with Crippen LogP contribution < -0.4 is 0 Å². The first-order valence-electron chi connectivity index (χ1n) is 6.60. The Balaban J connectivity index is 2.66. The molecule has 1 aliphatic rings. The highest BCUT2D eigenvalue weighted by Crippen LogP contribution is 2.58. The fourth-order valence-electron chi connectivity index (χ4n) is 3.22. The third kappa shape index (κ3) is 3.01. The molecular weight excluding hydrogens is 179 g/mol. The summed E-state index contributed by atoms with van der Waals surface area (Å²) >= 11 is 0. The summed E-state index contributed by atoms with van der Waals surface area (Å²) < 4.78 is 0. The molecule has 15 heavy (non-hydrogen) atoms. The van der Waals surface area contributed by atoms with Gasteiger partial charge in [0.2, 0.25) is 0 Å². The van der Waals surface area contributed by atoms with Crippen LogP contribution in [0.3, 0.4) is 0 Å². The second-order valence-corrected chi connectivity index (χ2v) is 6.58. The summed E-state index contributed by atoms with van der Waals surface area (Å²) in [7, 11) is 6.35. The predicted molar refractivity (Wildman–Crippen MR) is 69.3 cm³/mol. The lowest BCUT2D eigenvalue weighted by Crippen LogP contribution is -2.42. The van der Waals surface area contributed by atoms with E-state index in [4.69, 9.17) is 7.85 Å². The molecule has 1 rings (SSSR count). The summed E-state index contributed by atoms with van der Waals surface area (Å²) in [4.78, 5) is 0. The number of hydrogen-bond donors (Lipinski definition) is 0. The highest BCUT2D eigenvalue weighted by atomic mass is 14.5. The fourth-order valence-corrected chi connectivity index (χ4v) is 3.22. The van der Waals surface area contributed by atoms with Crippen molar-refractivity contribution in [1.82, 2.24) is 0 Å². The molecule has 0 aliphatic heterocycles. The van der Waals surface area contributed by atoms with Crippen LogP contribution >= 0.6 is 0 Å². The van der Waals surface area contributed by atoms with Crippen LogP contribution in [-0.2, 0) is 0 Å². The van der Waals surface area contributed by atoms with Gasteiger partial charge in [0.05, 0.1) is 7.85 Å². The Morgan fingerprint density at radius 3 is 2.33 bits per heavy atom. The Labute approximate surface area is 97.6 Å². The van der Waals surface area contributed by atoms with Gasteiger partial charge < -0.3 is 0 Å². The van der Waals surface area contributed by atoms with Gasteiger partial charge in [0, 0.05) is 0 Å². The van der Waals surface area contributed by atoms with E-state index in [-0.39, 0.29) is 5.31 Å². The van der Waals surface area contributed by atoms with Crippen molar-refractivity contribution < 1.29 is 0 Å². The maximum absolute atomic E-state index is 6.35. The molecule has 1 aliphatic carbocycles. The molecule has 0 saturated heterocycles. The zero-order chi connectivity index (χ0) is 11.7. The van der Waals surface area contributed by atoms with E-state index in [1.54, 1.807) is 0 Å². The van der Waals surface area contributed by atoms with Gasteiger partial charge in [-0.15, -0.1) is 0 Å². The van der Waals surface area contributed by atoms with Crippen molar-refractivity contribution in [3.8, 4) is 0 Å². The minimum atomic E-state index is 0.0452. The van der Waals surface area contributed by atoms with Crippen molar-refractivity contribution >= 4 is 7.85 Å². The van der Waals surface area contributed by atoms with Crippen molar-refractivity contribution in [2.24, 2.45) is 17.3 Å². The van der Waals surface area contributed by atoms with Gasteiger partial charge in [0.1, 0.15) is 0 Å². The lowest BCUT2D eigenvalue weighted by molar-refractivity contribution is -0.000871. The SMILES string of the molecule is [B]C(C)(CC)CC1(CC(C)C)CCC1C. The molecule has 0 aromatic carbocycles. The van der Waals surface area contributed by atoms with E-state index in [0.29, 0.717) is 5.41 Å². The molecule has 2 radical (unpaired) electrons.